The number of hydrogen-bond donors (Lipinski definition) is 0. The van der Waals surface area contributed by atoms with Crippen molar-refractivity contribution in [2.24, 2.45) is 0 Å². The summed E-state index contributed by atoms with van der Waals surface area (Å²) in [7, 11) is 0. The molecule has 1 aromatic heterocycles. The Labute approximate surface area is 100 Å². The van der Waals surface area contributed by atoms with Crippen molar-refractivity contribution in [2.75, 3.05) is 0 Å². The summed E-state index contributed by atoms with van der Waals surface area (Å²) >= 11 is 6.12. The predicted molar refractivity (Wildman–Crippen MR) is 66.6 cm³/mol. The van der Waals surface area contributed by atoms with E-state index >= 15 is 0 Å². The first-order chi connectivity index (χ1) is 7.68. The Kier molecular flexibility index (Phi) is 3.20. The van der Waals surface area contributed by atoms with Crippen LogP contribution in [0.3, 0.4) is 0 Å². The Morgan fingerprint density at radius 3 is 2.38 bits per heavy atom. The predicted octanol–water partition coefficient (Wildman–Crippen LogP) is 3.92. The van der Waals surface area contributed by atoms with Gasteiger partial charge >= 0.3 is 0 Å². The van der Waals surface area contributed by atoms with E-state index in [9.17, 15) is 0 Å². The summed E-state index contributed by atoms with van der Waals surface area (Å²) < 4.78 is 0. The van der Waals surface area contributed by atoms with Crippen LogP contribution in [0.2, 0.25) is 5.15 Å². The lowest BCUT2D eigenvalue weighted by atomic mass is 10.1. The molecule has 2 nitrogen and oxygen atoms in total. The van der Waals surface area contributed by atoms with Crippen LogP contribution in [0.5, 0.6) is 0 Å². The van der Waals surface area contributed by atoms with Gasteiger partial charge < -0.3 is 0 Å². The molecule has 0 N–H and O–H groups in total. The average molecular weight is 233 g/mol. The lowest BCUT2D eigenvalue weighted by Crippen LogP contribution is -1.96. The van der Waals surface area contributed by atoms with E-state index in [1.165, 1.54) is 0 Å². The van der Waals surface area contributed by atoms with Gasteiger partial charge in [0.15, 0.2) is 5.82 Å². The van der Waals surface area contributed by atoms with E-state index in [0.29, 0.717) is 16.9 Å². The van der Waals surface area contributed by atoms with Crippen LogP contribution in [0.4, 0.5) is 0 Å². The first-order valence-electron chi connectivity index (χ1n) is 5.26. The quantitative estimate of drug-likeness (QED) is 0.734. The van der Waals surface area contributed by atoms with Gasteiger partial charge in [0.2, 0.25) is 0 Å². The fraction of sp³-hybridized carbons (Fsp3) is 0.231. The van der Waals surface area contributed by atoms with Gasteiger partial charge in [-0.2, -0.15) is 0 Å². The van der Waals surface area contributed by atoms with E-state index in [4.69, 9.17) is 11.6 Å². The van der Waals surface area contributed by atoms with Crippen molar-refractivity contribution in [3.8, 4) is 11.4 Å². The molecular weight excluding hydrogens is 220 g/mol. The highest BCUT2D eigenvalue weighted by Gasteiger charge is 2.09. The molecule has 0 saturated heterocycles. The fourth-order valence-corrected chi connectivity index (χ4v) is 1.83. The summed E-state index contributed by atoms with van der Waals surface area (Å²) in [5.74, 6) is 1.02. The zero-order valence-electron chi connectivity index (χ0n) is 9.31. The highest BCUT2D eigenvalue weighted by molar-refractivity contribution is 6.30. The molecule has 0 unspecified atom stereocenters. The lowest BCUT2D eigenvalue weighted by Gasteiger charge is -2.08. The Hall–Kier alpha value is -1.41. The molecule has 3 heteroatoms. The van der Waals surface area contributed by atoms with E-state index in [2.05, 4.69) is 23.8 Å². The highest BCUT2D eigenvalue weighted by atomic mass is 35.5. The molecule has 1 heterocycles. The van der Waals surface area contributed by atoms with E-state index in [1.807, 2.05) is 36.5 Å². The molecular formula is C13H13ClN2. The minimum absolute atomic E-state index is 0.345. The third-order valence-corrected chi connectivity index (χ3v) is 2.72. The second-order valence-electron chi connectivity index (χ2n) is 3.96. The maximum atomic E-state index is 6.12. The topological polar surface area (TPSA) is 25.8 Å². The highest BCUT2D eigenvalue weighted by Crippen LogP contribution is 2.24. The summed E-state index contributed by atoms with van der Waals surface area (Å²) in [6.45, 7) is 4.15. The average Bonchev–Trinajstić information content (AvgIpc) is 2.29. The van der Waals surface area contributed by atoms with Crippen LogP contribution in [-0.4, -0.2) is 9.97 Å². The lowest BCUT2D eigenvalue weighted by molar-refractivity contribution is 0.847. The molecule has 0 atom stereocenters. The summed E-state index contributed by atoms with van der Waals surface area (Å²) in [4.78, 5) is 8.65. The van der Waals surface area contributed by atoms with Gasteiger partial charge in [0.1, 0.15) is 5.15 Å². The molecule has 16 heavy (non-hydrogen) atoms. The van der Waals surface area contributed by atoms with Crippen LogP contribution in [0.15, 0.2) is 36.5 Å². The van der Waals surface area contributed by atoms with E-state index in [1.54, 1.807) is 0 Å². The molecule has 0 aliphatic rings. The Bertz CT molecular complexity index is 481. The second-order valence-corrected chi connectivity index (χ2v) is 4.32. The Morgan fingerprint density at radius 1 is 1.12 bits per heavy atom. The third kappa shape index (κ3) is 2.22. The monoisotopic (exact) mass is 232 g/mol. The van der Waals surface area contributed by atoms with Crippen LogP contribution < -0.4 is 0 Å². The van der Waals surface area contributed by atoms with Crippen molar-refractivity contribution < 1.29 is 0 Å². The molecule has 82 valence electrons. The molecule has 2 rings (SSSR count). The number of aromatic nitrogens is 2. The number of benzene rings is 1. The number of rotatable bonds is 2. The van der Waals surface area contributed by atoms with Gasteiger partial charge in [0.25, 0.3) is 0 Å². The van der Waals surface area contributed by atoms with Gasteiger partial charge in [-0.15, -0.1) is 0 Å². The van der Waals surface area contributed by atoms with Crippen LogP contribution in [0, 0.1) is 0 Å². The molecule has 0 saturated carbocycles. The van der Waals surface area contributed by atoms with Crippen molar-refractivity contribution in [1.29, 1.82) is 0 Å². The number of hydrogen-bond acceptors (Lipinski definition) is 2. The number of nitrogens with zero attached hydrogens (tertiary/aromatic N) is 2. The third-order valence-electron chi connectivity index (χ3n) is 2.42. The SMILES string of the molecule is CC(C)c1cnc(-c2ccccc2)nc1Cl. The van der Waals surface area contributed by atoms with Gasteiger partial charge in [-0.3, -0.25) is 0 Å². The molecule has 0 amide bonds. The normalized spacial score (nSPS) is 10.8. The molecule has 0 bridgehead atoms. The van der Waals surface area contributed by atoms with Crippen molar-refractivity contribution in [3.63, 3.8) is 0 Å². The maximum absolute atomic E-state index is 6.12. The van der Waals surface area contributed by atoms with E-state index in [-0.39, 0.29) is 0 Å². The minimum Gasteiger partial charge on any atom is -0.236 e. The van der Waals surface area contributed by atoms with Gasteiger partial charge in [0.05, 0.1) is 0 Å². The van der Waals surface area contributed by atoms with Crippen molar-refractivity contribution in [3.05, 3.63) is 47.2 Å². The zero-order valence-corrected chi connectivity index (χ0v) is 10.1. The van der Waals surface area contributed by atoms with E-state index in [0.717, 1.165) is 11.1 Å². The second kappa shape index (κ2) is 4.62. The summed E-state index contributed by atoms with van der Waals surface area (Å²) in [6, 6.07) is 9.83. The van der Waals surface area contributed by atoms with Gasteiger partial charge in [-0.1, -0.05) is 55.8 Å². The van der Waals surface area contributed by atoms with Crippen molar-refractivity contribution in [2.45, 2.75) is 19.8 Å². The molecule has 2 aromatic rings. The first-order valence-corrected chi connectivity index (χ1v) is 5.64. The van der Waals surface area contributed by atoms with Crippen LogP contribution in [0.1, 0.15) is 25.3 Å². The van der Waals surface area contributed by atoms with Gasteiger partial charge in [0, 0.05) is 17.3 Å². The minimum atomic E-state index is 0.345. The molecule has 1 aromatic carbocycles. The fourth-order valence-electron chi connectivity index (χ4n) is 1.48. The molecule has 0 radical (unpaired) electrons. The summed E-state index contributed by atoms with van der Waals surface area (Å²) in [5, 5.41) is 0.545. The molecule has 0 fully saturated rings. The zero-order chi connectivity index (χ0) is 11.5. The Morgan fingerprint density at radius 2 is 1.81 bits per heavy atom. The largest absolute Gasteiger partial charge is 0.236 e. The molecule has 0 aliphatic heterocycles. The molecule has 0 spiro atoms. The van der Waals surface area contributed by atoms with Crippen LogP contribution in [0.25, 0.3) is 11.4 Å². The smallest absolute Gasteiger partial charge is 0.160 e. The van der Waals surface area contributed by atoms with Gasteiger partial charge in [-0.25, -0.2) is 9.97 Å². The Balaban J connectivity index is 2.43. The summed E-state index contributed by atoms with van der Waals surface area (Å²) in [6.07, 6.45) is 1.81. The van der Waals surface area contributed by atoms with E-state index < -0.39 is 0 Å². The van der Waals surface area contributed by atoms with Crippen LogP contribution >= 0.6 is 11.6 Å². The number of halogens is 1. The maximum Gasteiger partial charge on any atom is 0.160 e. The standard InChI is InChI=1S/C13H13ClN2/c1-9(2)11-8-15-13(16-12(11)14)10-6-4-3-5-7-10/h3-9H,1-2H3. The molecule has 0 aliphatic carbocycles. The summed E-state index contributed by atoms with van der Waals surface area (Å²) in [5.41, 5.74) is 1.97. The van der Waals surface area contributed by atoms with Crippen molar-refractivity contribution in [1.82, 2.24) is 9.97 Å². The van der Waals surface area contributed by atoms with Crippen molar-refractivity contribution >= 4 is 11.6 Å². The first kappa shape index (κ1) is 11.1. The van der Waals surface area contributed by atoms with Crippen LogP contribution in [-0.2, 0) is 0 Å². The van der Waals surface area contributed by atoms with Gasteiger partial charge in [-0.05, 0) is 5.92 Å².